The molecule has 0 spiro atoms. The van der Waals surface area contributed by atoms with Crippen LogP contribution in [0, 0.1) is 0 Å². The van der Waals surface area contributed by atoms with E-state index in [1.54, 1.807) is 0 Å². The van der Waals surface area contributed by atoms with Crippen molar-refractivity contribution in [3.63, 3.8) is 0 Å². The zero-order valence-electron chi connectivity index (χ0n) is 12.4. The third-order valence-corrected chi connectivity index (χ3v) is 2.72. The number of hydrogen-bond acceptors (Lipinski definition) is 7. The van der Waals surface area contributed by atoms with Gasteiger partial charge >= 0.3 is 17.9 Å². The molecule has 1 saturated heterocycles. The van der Waals surface area contributed by atoms with Gasteiger partial charge in [-0.25, -0.2) is 9.59 Å². The van der Waals surface area contributed by atoms with Gasteiger partial charge in [-0.3, -0.25) is 9.59 Å². The molecule has 1 fully saturated rings. The molecule has 22 heavy (non-hydrogen) atoms. The highest BCUT2D eigenvalue weighted by atomic mass is 16.6. The van der Waals surface area contributed by atoms with Crippen LogP contribution < -0.4 is 5.32 Å². The standard InChI is InChI=1S/C14H19NO7/c1-9(2)13(18)20-8-5-11(16)15-6-3-12(17)22-10-4-7-21-14(10)19/h10H,1,3-8H2,2H3,(H,15,16). The molecule has 0 saturated carbocycles. The molecule has 1 amide bonds. The van der Waals surface area contributed by atoms with E-state index >= 15 is 0 Å². The second-order valence-corrected chi connectivity index (χ2v) is 4.70. The normalized spacial score (nSPS) is 16.6. The summed E-state index contributed by atoms with van der Waals surface area (Å²) in [5.41, 5.74) is 0.258. The van der Waals surface area contributed by atoms with Crippen LogP contribution in [0.2, 0.25) is 0 Å². The van der Waals surface area contributed by atoms with Crippen LogP contribution in [0.15, 0.2) is 12.2 Å². The summed E-state index contributed by atoms with van der Waals surface area (Å²) in [6.45, 7) is 5.18. The van der Waals surface area contributed by atoms with E-state index in [2.05, 4.69) is 16.6 Å². The van der Waals surface area contributed by atoms with E-state index in [0.717, 1.165) is 0 Å². The van der Waals surface area contributed by atoms with Crippen LogP contribution in [0.5, 0.6) is 0 Å². The number of amides is 1. The average molecular weight is 313 g/mol. The zero-order valence-corrected chi connectivity index (χ0v) is 12.4. The number of hydrogen-bond donors (Lipinski definition) is 1. The van der Waals surface area contributed by atoms with Crippen LogP contribution in [-0.2, 0) is 33.4 Å². The number of ether oxygens (including phenoxy) is 3. The minimum Gasteiger partial charge on any atom is -0.463 e. The molecule has 0 aliphatic carbocycles. The van der Waals surface area contributed by atoms with Gasteiger partial charge in [-0.15, -0.1) is 0 Å². The lowest BCUT2D eigenvalue weighted by Crippen LogP contribution is -2.29. The van der Waals surface area contributed by atoms with Crippen molar-refractivity contribution < 1.29 is 33.4 Å². The largest absolute Gasteiger partial charge is 0.463 e. The van der Waals surface area contributed by atoms with Crippen molar-refractivity contribution in [2.45, 2.75) is 32.3 Å². The van der Waals surface area contributed by atoms with Crippen molar-refractivity contribution in [2.24, 2.45) is 0 Å². The number of cyclic esters (lactones) is 1. The molecule has 1 atom stereocenters. The van der Waals surface area contributed by atoms with E-state index in [1.807, 2.05) is 0 Å². The lowest BCUT2D eigenvalue weighted by atomic mass is 10.3. The van der Waals surface area contributed by atoms with E-state index in [4.69, 9.17) is 9.47 Å². The highest BCUT2D eigenvalue weighted by Crippen LogP contribution is 2.10. The van der Waals surface area contributed by atoms with Gasteiger partial charge in [0.25, 0.3) is 0 Å². The van der Waals surface area contributed by atoms with Gasteiger partial charge in [0, 0.05) is 18.5 Å². The van der Waals surface area contributed by atoms with Crippen LogP contribution in [0.1, 0.15) is 26.2 Å². The van der Waals surface area contributed by atoms with Gasteiger partial charge in [-0.1, -0.05) is 6.58 Å². The highest BCUT2D eigenvalue weighted by molar-refractivity contribution is 5.87. The Morgan fingerprint density at radius 2 is 2.09 bits per heavy atom. The summed E-state index contributed by atoms with van der Waals surface area (Å²) in [6.07, 6.45) is -0.556. The zero-order chi connectivity index (χ0) is 16.5. The Morgan fingerprint density at radius 3 is 2.68 bits per heavy atom. The minimum absolute atomic E-state index is 0.0109. The molecule has 1 rings (SSSR count). The van der Waals surface area contributed by atoms with Gasteiger partial charge in [0.15, 0.2) is 0 Å². The van der Waals surface area contributed by atoms with Crippen molar-refractivity contribution in [3.8, 4) is 0 Å². The maximum absolute atomic E-state index is 11.4. The predicted molar refractivity (Wildman–Crippen MR) is 73.5 cm³/mol. The Kier molecular flexibility index (Phi) is 7.07. The van der Waals surface area contributed by atoms with Gasteiger partial charge in [-0.2, -0.15) is 0 Å². The molecule has 0 bridgehead atoms. The van der Waals surface area contributed by atoms with Gasteiger partial charge in [0.05, 0.1) is 19.4 Å². The number of carbonyl (C=O) groups is 4. The maximum atomic E-state index is 11.4. The van der Waals surface area contributed by atoms with Crippen LogP contribution in [0.4, 0.5) is 0 Å². The first kappa shape index (κ1) is 17.7. The first-order valence-corrected chi connectivity index (χ1v) is 6.85. The number of rotatable bonds is 8. The Balaban J connectivity index is 2.09. The fourth-order valence-electron chi connectivity index (χ4n) is 1.55. The van der Waals surface area contributed by atoms with Crippen LogP contribution >= 0.6 is 0 Å². The fraction of sp³-hybridized carbons (Fsp3) is 0.571. The number of carbonyl (C=O) groups excluding carboxylic acids is 4. The molecule has 0 aromatic carbocycles. The highest BCUT2D eigenvalue weighted by Gasteiger charge is 2.29. The maximum Gasteiger partial charge on any atom is 0.347 e. The Labute approximate surface area is 127 Å². The van der Waals surface area contributed by atoms with E-state index in [9.17, 15) is 19.2 Å². The fourth-order valence-corrected chi connectivity index (χ4v) is 1.55. The lowest BCUT2D eigenvalue weighted by Gasteiger charge is -2.09. The minimum atomic E-state index is -0.843. The first-order chi connectivity index (χ1) is 10.4. The molecule has 1 aliphatic heterocycles. The monoisotopic (exact) mass is 313 g/mol. The van der Waals surface area contributed by atoms with Crippen molar-refractivity contribution in [1.29, 1.82) is 0 Å². The lowest BCUT2D eigenvalue weighted by molar-refractivity contribution is -0.160. The number of esters is 3. The Morgan fingerprint density at radius 1 is 1.36 bits per heavy atom. The molecule has 122 valence electrons. The summed E-state index contributed by atoms with van der Waals surface area (Å²) in [5, 5.41) is 2.48. The van der Waals surface area contributed by atoms with Gasteiger partial charge in [-0.05, 0) is 6.92 Å². The van der Waals surface area contributed by atoms with Crippen LogP contribution in [0.25, 0.3) is 0 Å². The summed E-state index contributed by atoms with van der Waals surface area (Å²) in [4.78, 5) is 45.0. The molecule has 1 N–H and O–H groups in total. The summed E-state index contributed by atoms with van der Waals surface area (Å²) in [7, 11) is 0. The van der Waals surface area contributed by atoms with Gasteiger partial charge < -0.3 is 19.5 Å². The molecule has 1 heterocycles. The van der Waals surface area contributed by atoms with E-state index in [1.165, 1.54) is 6.92 Å². The van der Waals surface area contributed by atoms with Crippen LogP contribution in [-0.4, -0.2) is 49.7 Å². The third kappa shape index (κ3) is 6.38. The molecule has 0 aromatic rings. The quantitative estimate of drug-likeness (QED) is 0.377. The first-order valence-electron chi connectivity index (χ1n) is 6.85. The summed E-state index contributed by atoms with van der Waals surface area (Å²) < 4.78 is 14.3. The average Bonchev–Trinajstić information content (AvgIpc) is 2.84. The second kappa shape index (κ2) is 8.81. The Hall–Kier alpha value is -2.38. The van der Waals surface area contributed by atoms with E-state index < -0.39 is 24.0 Å². The Bertz CT molecular complexity index is 472. The summed E-state index contributed by atoms with van der Waals surface area (Å²) in [5.74, 6) is -2.04. The van der Waals surface area contributed by atoms with Crippen molar-refractivity contribution in [2.75, 3.05) is 19.8 Å². The second-order valence-electron chi connectivity index (χ2n) is 4.70. The molecule has 0 radical (unpaired) electrons. The van der Waals surface area contributed by atoms with Gasteiger partial charge in [0.1, 0.15) is 6.61 Å². The van der Waals surface area contributed by atoms with E-state index in [-0.39, 0.29) is 44.1 Å². The molecular weight excluding hydrogens is 294 g/mol. The molecule has 1 aliphatic rings. The molecular formula is C14H19NO7. The van der Waals surface area contributed by atoms with Gasteiger partial charge in [0.2, 0.25) is 12.0 Å². The molecule has 1 unspecified atom stereocenters. The molecule has 8 heteroatoms. The molecule has 0 aromatic heterocycles. The number of nitrogens with one attached hydrogen (secondary N) is 1. The van der Waals surface area contributed by atoms with E-state index in [0.29, 0.717) is 6.42 Å². The topological polar surface area (TPSA) is 108 Å². The predicted octanol–water partition coefficient (Wildman–Crippen LogP) is -0.139. The summed E-state index contributed by atoms with van der Waals surface area (Å²) in [6, 6.07) is 0. The van der Waals surface area contributed by atoms with Crippen molar-refractivity contribution in [3.05, 3.63) is 12.2 Å². The summed E-state index contributed by atoms with van der Waals surface area (Å²) >= 11 is 0. The SMILES string of the molecule is C=C(C)C(=O)OCCC(=O)NCCC(=O)OC1CCOC1=O. The van der Waals surface area contributed by atoms with Crippen molar-refractivity contribution in [1.82, 2.24) is 5.32 Å². The smallest absolute Gasteiger partial charge is 0.347 e. The van der Waals surface area contributed by atoms with Crippen molar-refractivity contribution >= 4 is 23.8 Å². The third-order valence-electron chi connectivity index (χ3n) is 2.72. The molecule has 8 nitrogen and oxygen atoms in total. The van der Waals surface area contributed by atoms with Crippen LogP contribution in [0.3, 0.4) is 0 Å².